The Bertz CT molecular complexity index is 243. The molecule has 1 aliphatic carbocycles. The van der Waals surface area contributed by atoms with Crippen LogP contribution in [0.25, 0.3) is 0 Å². The summed E-state index contributed by atoms with van der Waals surface area (Å²) in [4.78, 5) is 0. The normalized spacial score (nSPS) is 27.5. The van der Waals surface area contributed by atoms with Crippen LogP contribution in [0.2, 0.25) is 0 Å². The Balaban J connectivity index is 2.52. The maximum atomic E-state index is 12.7. The molecule has 0 aromatic rings. The maximum Gasteiger partial charge on any atom is 0.391 e. The second kappa shape index (κ2) is 6.75. The van der Waals surface area contributed by atoms with Gasteiger partial charge in [0.15, 0.2) is 0 Å². The minimum Gasteiger partial charge on any atom is -0.377 e. The van der Waals surface area contributed by atoms with Gasteiger partial charge in [-0.3, -0.25) is 0 Å². The molecule has 0 bridgehead atoms. The molecule has 1 rings (SSSR count). The van der Waals surface area contributed by atoms with Crippen LogP contribution in [0.5, 0.6) is 0 Å². The minimum atomic E-state index is -4.05. The summed E-state index contributed by atoms with van der Waals surface area (Å²) in [6.45, 7) is 4.36. The van der Waals surface area contributed by atoms with E-state index >= 15 is 0 Å². The van der Waals surface area contributed by atoms with Gasteiger partial charge >= 0.3 is 6.18 Å². The largest absolute Gasteiger partial charge is 0.391 e. The van der Waals surface area contributed by atoms with Crippen molar-refractivity contribution in [1.82, 2.24) is 5.32 Å². The third-order valence-electron chi connectivity index (χ3n) is 3.73. The first-order valence-corrected chi connectivity index (χ1v) is 6.70. The summed E-state index contributed by atoms with van der Waals surface area (Å²) in [5.74, 6) is -1.07. The van der Waals surface area contributed by atoms with Crippen molar-refractivity contribution in [3.63, 3.8) is 0 Å². The van der Waals surface area contributed by atoms with E-state index in [0.29, 0.717) is 13.0 Å². The Hall–Kier alpha value is -0.290. The molecule has 0 aromatic heterocycles. The topological polar surface area (TPSA) is 21.3 Å². The van der Waals surface area contributed by atoms with Crippen molar-refractivity contribution in [2.75, 3.05) is 13.7 Å². The molecule has 0 aliphatic heterocycles. The summed E-state index contributed by atoms with van der Waals surface area (Å²) in [5, 5.41) is 3.11. The number of likely N-dealkylation sites (N-methyl/N-ethyl adjacent to an activating group) is 1. The van der Waals surface area contributed by atoms with E-state index in [9.17, 15) is 13.2 Å². The first kappa shape index (κ1) is 15.8. The second-order valence-corrected chi connectivity index (χ2v) is 5.44. The molecule has 1 aliphatic rings. The molecule has 0 radical (unpaired) electrons. The van der Waals surface area contributed by atoms with Gasteiger partial charge < -0.3 is 10.1 Å². The number of rotatable bonds is 5. The van der Waals surface area contributed by atoms with Gasteiger partial charge in [-0.15, -0.1) is 0 Å². The third-order valence-corrected chi connectivity index (χ3v) is 3.73. The fourth-order valence-corrected chi connectivity index (χ4v) is 2.64. The highest BCUT2D eigenvalue weighted by Crippen LogP contribution is 2.40. The lowest BCUT2D eigenvalue weighted by Crippen LogP contribution is -2.42. The lowest BCUT2D eigenvalue weighted by molar-refractivity contribution is -0.187. The molecule has 0 amide bonds. The number of hydrogen-bond acceptors (Lipinski definition) is 2. The maximum absolute atomic E-state index is 12.7. The molecule has 108 valence electrons. The molecule has 0 aromatic carbocycles. The van der Waals surface area contributed by atoms with Gasteiger partial charge in [0.2, 0.25) is 0 Å². The van der Waals surface area contributed by atoms with Gasteiger partial charge in [-0.05, 0) is 46.1 Å². The number of ether oxygens (including phenoxy) is 1. The average molecular weight is 267 g/mol. The average Bonchev–Trinajstić information content (AvgIpc) is 2.29. The highest BCUT2D eigenvalue weighted by Gasteiger charge is 2.43. The van der Waals surface area contributed by atoms with E-state index in [-0.39, 0.29) is 30.9 Å². The summed E-state index contributed by atoms with van der Waals surface area (Å²) in [5.41, 5.74) is 0. The molecule has 0 heterocycles. The summed E-state index contributed by atoms with van der Waals surface area (Å²) in [6, 6.07) is 0.0255. The van der Waals surface area contributed by atoms with Crippen LogP contribution in [0.15, 0.2) is 0 Å². The van der Waals surface area contributed by atoms with Gasteiger partial charge in [-0.1, -0.05) is 6.42 Å². The zero-order chi connectivity index (χ0) is 13.8. The molecule has 1 N–H and O–H groups in total. The molecule has 2 nitrogen and oxygen atoms in total. The van der Waals surface area contributed by atoms with Gasteiger partial charge in [0.1, 0.15) is 0 Å². The van der Waals surface area contributed by atoms with E-state index in [4.69, 9.17) is 4.74 Å². The molecule has 3 atom stereocenters. The van der Waals surface area contributed by atoms with Crippen molar-refractivity contribution in [1.29, 1.82) is 0 Å². The Morgan fingerprint density at radius 1 is 1.28 bits per heavy atom. The van der Waals surface area contributed by atoms with Gasteiger partial charge in [0.25, 0.3) is 0 Å². The van der Waals surface area contributed by atoms with Gasteiger partial charge in [-0.2, -0.15) is 13.2 Å². The molecule has 0 spiro atoms. The van der Waals surface area contributed by atoms with Crippen molar-refractivity contribution >= 4 is 0 Å². The summed E-state index contributed by atoms with van der Waals surface area (Å²) in [7, 11) is 1.80. The molecule has 1 saturated carbocycles. The van der Waals surface area contributed by atoms with Crippen LogP contribution in [0.3, 0.4) is 0 Å². The number of halogens is 3. The Morgan fingerprint density at radius 3 is 2.44 bits per heavy atom. The predicted octanol–water partition coefficient (Wildman–Crippen LogP) is 3.37. The van der Waals surface area contributed by atoms with Crippen LogP contribution in [0.1, 0.15) is 39.5 Å². The second-order valence-electron chi connectivity index (χ2n) is 5.44. The SMILES string of the molecule is CNC(COC(C)C)C1CCCC(C(F)(F)F)C1. The van der Waals surface area contributed by atoms with Crippen molar-refractivity contribution in [2.24, 2.45) is 11.8 Å². The summed E-state index contributed by atoms with van der Waals surface area (Å²) < 4.78 is 43.8. The van der Waals surface area contributed by atoms with Crippen molar-refractivity contribution in [3.8, 4) is 0 Å². The third kappa shape index (κ3) is 4.76. The van der Waals surface area contributed by atoms with E-state index < -0.39 is 12.1 Å². The standard InChI is InChI=1S/C13H24F3NO/c1-9(2)18-8-12(17-3)10-5-4-6-11(7-10)13(14,15)16/h9-12,17H,4-8H2,1-3H3. The highest BCUT2D eigenvalue weighted by molar-refractivity contribution is 4.84. The van der Waals surface area contributed by atoms with E-state index in [0.717, 1.165) is 6.42 Å². The summed E-state index contributed by atoms with van der Waals surface area (Å²) >= 11 is 0. The lowest BCUT2D eigenvalue weighted by atomic mass is 9.77. The zero-order valence-electron chi connectivity index (χ0n) is 11.4. The lowest BCUT2D eigenvalue weighted by Gasteiger charge is -2.35. The fourth-order valence-electron chi connectivity index (χ4n) is 2.64. The Labute approximate surface area is 107 Å². The zero-order valence-corrected chi connectivity index (χ0v) is 11.4. The molecule has 1 fully saturated rings. The Kier molecular flexibility index (Phi) is 5.92. The van der Waals surface area contributed by atoms with Crippen molar-refractivity contribution < 1.29 is 17.9 Å². The van der Waals surface area contributed by atoms with Crippen LogP contribution < -0.4 is 5.32 Å². The number of alkyl halides is 3. The monoisotopic (exact) mass is 267 g/mol. The van der Waals surface area contributed by atoms with Gasteiger partial charge in [0.05, 0.1) is 18.6 Å². The minimum absolute atomic E-state index is 0.0255. The van der Waals surface area contributed by atoms with E-state index in [1.165, 1.54) is 0 Å². The smallest absolute Gasteiger partial charge is 0.377 e. The number of nitrogens with one attached hydrogen (secondary N) is 1. The summed E-state index contributed by atoms with van der Waals surface area (Å²) in [6.07, 6.45) is -1.90. The first-order chi connectivity index (χ1) is 8.34. The van der Waals surface area contributed by atoms with E-state index in [1.807, 2.05) is 13.8 Å². The molecule has 5 heteroatoms. The van der Waals surface area contributed by atoms with Gasteiger partial charge in [-0.25, -0.2) is 0 Å². The Morgan fingerprint density at radius 2 is 1.94 bits per heavy atom. The first-order valence-electron chi connectivity index (χ1n) is 6.70. The quantitative estimate of drug-likeness (QED) is 0.824. The molecular formula is C13H24F3NO. The fraction of sp³-hybridized carbons (Fsp3) is 1.00. The predicted molar refractivity (Wildman–Crippen MR) is 65.4 cm³/mol. The van der Waals surface area contributed by atoms with Crippen LogP contribution in [0.4, 0.5) is 13.2 Å². The number of hydrogen-bond donors (Lipinski definition) is 1. The van der Waals surface area contributed by atoms with Crippen molar-refractivity contribution in [2.45, 2.75) is 57.9 Å². The van der Waals surface area contributed by atoms with Crippen LogP contribution in [-0.4, -0.2) is 32.0 Å². The van der Waals surface area contributed by atoms with Crippen molar-refractivity contribution in [3.05, 3.63) is 0 Å². The highest BCUT2D eigenvalue weighted by atomic mass is 19.4. The molecule has 0 saturated heterocycles. The van der Waals surface area contributed by atoms with Crippen LogP contribution >= 0.6 is 0 Å². The molecule has 18 heavy (non-hydrogen) atoms. The van der Waals surface area contributed by atoms with E-state index in [2.05, 4.69) is 5.32 Å². The van der Waals surface area contributed by atoms with Crippen LogP contribution in [-0.2, 0) is 4.74 Å². The van der Waals surface area contributed by atoms with Gasteiger partial charge in [0, 0.05) is 6.04 Å². The molecule has 3 unspecified atom stereocenters. The molecular weight excluding hydrogens is 243 g/mol. The van der Waals surface area contributed by atoms with Crippen LogP contribution in [0, 0.1) is 11.8 Å². The van der Waals surface area contributed by atoms with E-state index in [1.54, 1.807) is 7.05 Å².